The average molecular weight is 265 g/mol. The van der Waals surface area contributed by atoms with E-state index in [2.05, 4.69) is 4.72 Å². The SMILES string of the molecule is CCCS(=O)(=O)NCCOC(=O)C(C)(C)CC. The van der Waals surface area contributed by atoms with E-state index in [-0.39, 0.29) is 24.9 Å². The molecule has 0 aromatic carbocycles. The molecule has 0 aliphatic carbocycles. The number of sulfonamides is 1. The topological polar surface area (TPSA) is 72.5 Å². The molecule has 0 bridgehead atoms. The van der Waals surface area contributed by atoms with Gasteiger partial charge >= 0.3 is 5.97 Å². The molecular formula is C11H23NO4S. The van der Waals surface area contributed by atoms with Crippen LogP contribution in [0.3, 0.4) is 0 Å². The van der Waals surface area contributed by atoms with Gasteiger partial charge in [-0.2, -0.15) is 0 Å². The zero-order valence-electron chi connectivity index (χ0n) is 11.1. The van der Waals surface area contributed by atoms with Gasteiger partial charge in [-0.15, -0.1) is 0 Å². The van der Waals surface area contributed by atoms with Crippen LogP contribution in [0.25, 0.3) is 0 Å². The van der Waals surface area contributed by atoms with Gasteiger partial charge in [-0.1, -0.05) is 13.8 Å². The van der Waals surface area contributed by atoms with Gasteiger partial charge < -0.3 is 4.74 Å². The van der Waals surface area contributed by atoms with Crippen molar-refractivity contribution in [2.75, 3.05) is 18.9 Å². The summed E-state index contributed by atoms with van der Waals surface area (Å²) in [5, 5.41) is 0. The maximum atomic E-state index is 11.5. The second-order valence-electron chi connectivity index (χ2n) is 4.59. The van der Waals surface area contributed by atoms with E-state index in [9.17, 15) is 13.2 Å². The van der Waals surface area contributed by atoms with Gasteiger partial charge in [0, 0.05) is 6.54 Å². The Kier molecular flexibility index (Phi) is 6.70. The van der Waals surface area contributed by atoms with Crippen LogP contribution in [0.15, 0.2) is 0 Å². The highest BCUT2D eigenvalue weighted by Crippen LogP contribution is 2.21. The summed E-state index contributed by atoms with van der Waals surface area (Å²) in [7, 11) is -3.21. The van der Waals surface area contributed by atoms with Crippen LogP contribution in [0.5, 0.6) is 0 Å². The highest BCUT2D eigenvalue weighted by molar-refractivity contribution is 7.89. The Morgan fingerprint density at radius 1 is 1.29 bits per heavy atom. The molecule has 0 aromatic heterocycles. The highest BCUT2D eigenvalue weighted by Gasteiger charge is 2.26. The Hall–Kier alpha value is -0.620. The molecule has 102 valence electrons. The van der Waals surface area contributed by atoms with Gasteiger partial charge in [0.25, 0.3) is 0 Å². The molecule has 0 unspecified atom stereocenters. The number of rotatable bonds is 8. The summed E-state index contributed by atoms with van der Waals surface area (Å²) in [6, 6.07) is 0. The molecule has 0 saturated heterocycles. The van der Waals surface area contributed by atoms with E-state index in [1.54, 1.807) is 20.8 Å². The maximum absolute atomic E-state index is 11.5. The fourth-order valence-electron chi connectivity index (χ4n) is 1.02. The fraction of sp³-hybridized carbons (Fsp3) is 0.909. The predicted molar refractivity (Wildman–Crippen MR) is 67.1 cm³/mol. The Labute approximate surface area is 104 Å². The third-order valence-electron chi connectivity index (χ3n) is 2.57. The van der Waals surface area contributed by atoms with E-state index in [0.717, 1.165) is 0 Å². The predicted octanol–water partition coefficient (Wildman–Crippen LogP) is 1.30. The van der Waals surface area contributed by atoms with Crippen LogP contribution in [0.4, 0.5) is 0 Å². The zero-order chi connectivity index (χ0) is 13.5. The second-order valence-corrected chi connectivity index (χ2v) is 6.51. The summed E-state index contributed by atoms with van der Waals surface area (Å²) in [5.41, 5.74) is -0.512. The van der Waals surface area contributed by atoms with Crippen LogP contribution in [0.1, 0.15) is 40.5 Å². The van der Waals surface area contributed by atoms with Crippen LogP contribution in [-0.2, 0) is 19.6 Å². The lowest BCUT2D eigenvalue weighted by molar-refractivity contribution is -0.153. The Morgan fingerprint density at radius 2 is 1.88 bits per heavy atom. The molecule has 0 radical (unpaired) electrons. The number of esters is 1. The van der Waals surface area contributed by atoms with Gasteiger partial charge in [0.2, 0.25) is 10.0 Å². The molecule has 0 saturated carbocycles. The minimum absolute atomic E-state index is 0.0746. The van der Waals surface area contributed by atoms with Gasteiger partial charge in [-0.3, -0.25) is 4.79 Å². The van der Waals surface area contributed by atoms with E-state index >= 15 is 0 Å². The van der Waals surface area contributed by atoms with E-state index < -0.39 is 15.4 Å². The molecular weight excluding hydrogens is 242 g/mol. The summed E-state index contributed by atoms with van der Waals surface area (Å²) < 4.78 is 29.9. The molecule has 0 aromatic rings. The number of carbonyl (C=O) groups is 1. The number of carbonyl (C=O) groups excluding carboxylic acids is 1. The van der Waals surface area contributed by atoms with E-state index in [1.807, 2.05) is 6.92 Å². The molecule has 0 fully saturated rings. The molecule has 0 atom stereocenters. The van der Waals surface area contributed by atoms with Crippen molar-refractivity contribution in [3.8, 4) is 0 Å². The summed E-state index contributed by atoms with van der Waals surface area (Å²) >= 11 is 0. The maximum Gasteiger partial charge on any atom is 0.311 e. The molecule has 0 amide bonds. The Balaban J connectivity index is 3.91. The second kappa shape index (κ2) is 6.96. The fourth-order valence-corrected chi connectivity index (χ4v) is 2.10. The van der Waals surface area contributed by atoms with E-state index in [0.29, 0.717) is 12.8 Å². The van der Waals surface area contributed by atoms with Crippen molar-refractivity contribution in [3.05, 3.63) is 0 Å². The van der Waals surface area contributed by atoms with Gasteiger partial charge in [-0.25, -0.2) is 13.1 Å². The minimum atomic E-state index is -3.21. The lowest BCUT2D eigenvalue weighted by Gasteiger charge is -2.20. The van der Waals surface area contributed by atoms with E-state index in [4.69, 9.17) is 4.74 Å². The highest BCUT2D eigenvalue weighted by atomic mass is 32.2. The van der Waals surface area contributed by atoms with Crippen LogP contribution in [0.2, 0.25) is 0 Å². The van der Waals surface area contributed by atoms with Crippen molar-refractivity contribution in [1.82, 2.24) is 4.72 Å². The van der Waals surface area contributed by atoms with Crippen molar-refractivity contribution in [1.29, 1.82) is 0 Å². The normalized spacial score (nSPS) is 12.5. The van der Waals surface area contributed by atoms with Crippen molar-refractivity contribution in [2.45, 2.75) is 40.5 Å². The average Bonchev–Trinajstić information content (AvgIpc) is 2.24. The van der Waals surface area contributed by atoms with Crippen molar-refractivity contribution in [2.24, 2.45) is 5.41 Å². The molecule has 0 aliphatic heterocycles. The minimum Gasteiger partial charge on any atom is -0.464 e. The van der Waals surface area contributed by atoms with Gasteiger partial charge in [0.1, 0.15) is 6.61 Å². The standard InChI is InChI=1S/C11H23NO4S/c1-5-9-17(14,15)12-7-8-16-10(13)11(3,4)6-2/h12H,5-9H2,1-4H3. The molecule has 0 spiro atoms. The first-order valence-corrected chi connectivity index (χ1v) is 7.55. The largest absolute Gasteiger partial charge is 0.464 e. The van der Waals surface area contributed by atoms with Crippen LogP contribution < -0.4 is 4.72 Å². The molecule has 0 rings (SSSR count). The molecule has 5 nitrogen and oxygen atoms in total. The quantitative estimate of drug-likeness (QED) is 0.530. The summed E-state index contributed by atoms with van der Waals surface area (Å²) in [4.78, 5) is 11.5. The van der Waals surface area contributed by atoms with Gasteiger partial charge in [-0.05, 0) is 26.7 Å². The van der Waals surface area contributed by atoms with Crippen LogP contribution in [0, 0.1) is 5.41 Å². The molecule has 6 heteroatoms. The van der Waals surface area contributed by atoms with Crippen molar-refractivity contribution in [3.63, 3.8) is 0 Å². The smallest absolute Gasteiger partial charge is 0.311 e. The van der Waals surface area contributed by atoms with Crippen molar-refractivity contribution >= 4 is 16.0 Å². The molecule has 1 N–H and O–H groups in total. The van der Waals surface area contributed by atoms with Gasteiger partial charge in [0.15, 0.2) is 0 Å². The van der Waals surface area contributed by atoms with Crippen LogP contribution >= 0.6 is 0 Å². The number of hydrogen-bond donors (Lipinski definition) is 1. The summed E-state index contributed by atoms with van der Waals surface area (Å²) in [5.74, 6) is -0.198. The summed E-state index contributed by atoms with van der Waals surface area (Å²) in [6.45, 7) is 7.51. The Morgan fingerprint density at radius 3 is 2.35 bits per heavy atom. The van der Waals surface area contributed by atoms with Crippen molar-refractivity contribution < 1.29 is 17.9 Å². The number of nitrogens with one attached hydrogen (secondary N) is 1. The van der Waals surface area contributed by atoms with Gasteiger partial charge in [0.05, 0.1) is 11.2 Å². The lowest BCUT2D eigenvalue weighted by atomic mass is 9.91. The first kappa shape index (κ1) is 16.4. The molecule has 0 aliphatic rings. The molecule has 17 heavy (non-hydrogen) atoms. The first-order valence-electron chi connectivity index (χ1n) is 5.89. The first-order chi connectivity index (χ1) is 7.75. The number of ether oxygens (including phenoxy) is 1. The molecule has 0 heterocycles. The monoisotopic (exact) mass is 265 g/mol. The van der Waals surface area contributed by atoms with Crippen LogP contribution in [-0.4, -0.2) is 33.3 Å². The summed E-state index contributed by atoms with van der Waals surface area (Å²) in [6.07, 6.45) is 1.26. The number of hydrogen-bond acceptors (Lipinski definition) is 4. The van der Waals surface area contributed by atoms with E-state index in [1.165, 1.54) is 0 Å². The third kappa shape index (κ3) is 6.63. The Bertz CT molecular complexity index is 335. The lowest BCUT2D eigenvalue weighted by Crippen LogP contribution is -2.32. The third-order valence-corrected chi connectivity index (χ3v) is 4.16. The zero-order valence-corrected chi connectivity index (χ0v) is 11.9.